The molecule has 2 rings (SSSR count). The van der Waals surface area contributed by atoms with Crippen LogP contribution in [0.1, 0.15) is 42.1 Å². The van der Waals surface area contributed by atoms with E-state index < -0.39 is 0 Å². The van der Waals surface area contributed by atoms with Gasteiger partial charge in [-0.25, -0.2) is 0 Å². The smallest absolute Gasteiger partial charge is 0.165 e. The van der Waals surface area contributed by atoms with Gasteiger partial charge in [-0.3, -0.25) is 4.79 Å². The van der Waals surface area contributed by atoms with E-state index in [1.54, 1.807) is 6.07 Å². The minimum absolute atomic E-state index is 0.157. The van der Waals surface area contributed by atoms with Crippen LogP contribution in [-0.2, 0) is 0 Å². The van der Waals surface area contributed by atoms with E-state index in [9.17, 15) is 4.79 Å². The minimum Gasteiger partial charge on any atom is -0.489 e. The van der Waals surface area contributed by atoms with Gasteiger partial charge in [0, 0.05) is 23.6 Å². The lowest BCUT2D eigenvalue weighted by Crippen LogP contribution is -2.03. The van der Waals surface area contributed by atoms with Gasteiger partial charge >= 0.3 is 0 Å². The highest BCUT2D eigenvalue weighted by atomic mass is 35.5. The summed E-state index contributed by atoms with van der Waals surface area (Å²) in [5, 5.41) is 0.424. The first kappa shape index (κ1) is 12.2. The highest BCUT2D eigenvalue weighted by molar-refractivity contribution is 6.33. The quantitative estimate of drug-likeness (QED) is 0.759. The molecule has 1 heterocycles. The highest BCUT2D eigenvalue weighted by Crippen LogP contribution is 2.42. The summed E-state index contributed by atoms with van der Waals surface area (Å²) >= 11 is 6.10. The lowest BCUT2D eigenvalue weighted by atomic mass is 9.96. The van der Waals surface area contributed by atoms with Crippen molar-refractivity contribution < 1.29 is 14.3 Å². The van der Waals surface area contributed by atoms with Crippen molar-refractivity contribution in [1.29, 1.82) is 0 Å². The standard InChI is InChI=1S/C13H15ClO3/c1-8(2)12-9(7-15)10(14)6-11-13(12)17-5-3-4-16-11/h6-8H,3-5H2,1-2H3. The summed E-state index contributed by atoms with van der Waals surface area (Å²) in [5.74, 6) is 1.47. The predicted octanol–water partition coefficient (Wildman–Crippen LogP) is 3.44. The van der Waals surface area contributed by atoms with Crippen LogP contribution in [-0.4, -0.2) is 19.5 Å². The number of hydrogen-bond donors (Lipinski definition) is 0. The van der Waals surface area contributed by atoms with E-state index in [-0.39, 0.29) is 5.92 Å². The fraction of sp³-hybridized carbons (Fsp3) is 0.462. The van der Waals surface area contributed by atoms with Gasteiger partial charge in [0.05, 0.1) is 18.2 Å². The zero-order chi connectivity index (χ0) is 12.4. The van der Waals surface area contributed by atoms with E-state index in [2.05, 4.69) is 0 Å². The van der Waals surface area contributed by atoms with Crippen molar-refractivity contribution in [2.45, 2.75) is 26.2 Å². The van der Waals surface area contributed by atoms with Crippen molar-refractivity contribution in [1.82, 2.24) is 0 Å². The Morgan fingerprint density at radius 2 is 2.06 bits per heavy atom. The number of carbonyl (C=O) groups excluding carboxylic acids is 1. The molecule has 4 heteroatoms. The van der Waals surface area contributed by atoms with Gasteiger partial charge < -0.3 is 9.47 Å². The molecule has 0 N–H and O–H groups in total. The van der Waals surface area contributed by atoms with E-state index >= 15 is 0 Å². The average Bonchev–Trinajstić information content (AvgIpc) is 2.51. The molecular weight excluding hydrogens is 240 g/mol. The van der Waals surface area contributed by atoms with Gasteiger partial charge in [-0.1, -0.05) is 25.4 Å². The van der Waals surface area contributed by atoms with Crippen LogP contribution >= 0.6 is 11.6 Å². The summed E-state index contributed by atoms with van der Waals surface area (Å²) in [5.41, 5.74) is 1.34. The number of hydrogen-bond acceptors (Lipinski definition) is 3. The van der Waals surface area contributed by atoms with Crippen molar-refractivity contribution in [2.75, 3.05) is 13.2 Å². The molecule has 0 radical (unpaired) electrons. The number of ether oxygens (including phenoxy) is 2. The van der Waals surface area contributed by atoms with Gasteiger partial charge in [0.15, 0.2) is 17.8 Å². The van der Waals surface area contributed by atoms with E-state index in [4.69, 9.17) is 21.1 Å². The van der Waals surface area contributed by atoms with Gasteiger partial charge in [-0.2, -0.15) is 0 Å². The molecule has 0 amide bonds. The zero-order valence-corrected chi connectivity index (χ0v) is 10.7. The van der Waals surface area contributed by atoms with Crippen molar-refractivity contribution in [3.63, 3.8) is 0 Å². The minimum atomic E-state index is 0.157. The molecule has 17 heavy (non-hydrogen) atoms. The molecule has 1 aliphatic heterocycles. The Labute approximate surface area is 106 Å². The van der Waals surface area contributed by atoms with Gasteiger partial charge in [0.25, 0.3) is 0 Å². The number of rotatable bonds is 2. The monoisotopic (exact) mass is 254 g/mol. The molecule has 3 nitrogen and oxygen atoms in total. The fourth-order valence-corrected chi connectivity index (χ4v) is 2.25. The summed E-state index contributed by atoms with van der Waals surface area (Å²) in [6.07, 6.45) is 1.62. The van der Waals surface area contributed by atoms with Crippen LogP contribution in [0.2, 0.25) is 5.02 Å². The first-order chi connectivity index (χ1) is 8.15. The van der Waals surface area contributed by atoms with E-state index in [0.717, 1.165) is 18.3 Å². The second-order valence-corrected chi connectivity index (χ2v) is 4.74. The Hall–Kier alpha value is -1.22. The van der Waals surface area contributed by atoms with Crippen LogP contribution in [0.5, 0.6) is 11.5 Å². The maximum Gasteiger partial charge on any atom is 0.165 e. The second-order valence-electron chi connectivity index (χ2n) is 4.34. The molecule has 0 bridgehead atoms. The number of aldehydes is 1. The number of benzene rings is 1. The zero-order valence-electron chi connectivity index (χ0n) is 9.96. The maximum atomic E-state index is 11.1. The molecule has 92 valence electrons. The predicted molar refractivity (Wildman–Crippen MR) is 66.5 cm³/mol. The Balaban J connectivity index is 2.66. The molecular formula is C13H15ClO3. The van der Waals surface area contributed by atoms with E-state index in [0.29, 0.717) is 35.3 Å². The van der Waals surface area contributed by atoms with E-state index in [1.165, 1.54) is 0 Å². The van der Waals surface area contributed by atoms with Crippen LogP contribution < -0.4 is 9.47 Å². The van der Waals surface area contributed by atoms with Crippen LogP contribution in [0, 0.1) is 0 Å². The summed E-state index contributed by atoms with van der Waals surface area (Å²) in [6.45, 7) is 5.23. The molecule has 1 aromatic carbocycles. The molecule has 0 saturated carbocycles. The summed E-state index contributed by atoms with van der Waals surface area (Å²) < 4.78 is 11.3. The van der Waals surface area contributed by atoms with Crippen molar-refractivity contribution in [2.24, 2.45) is 0 Å². The summed E-state index contributed by atoms with van der Waals surface area (Å²) in [7, 11) is 0. The van der Waals surface area contributed by atoms with Crippen LogP contribution in [0.3, 0.4) is 0 Å². The molecule has 1 aromatic rings. The van der Waals surface area contributed by atoms with Crippen molar-refractivity contribution in [3.8, 4) is 11.5 Å². The van der Waals surface area contributed by atoms with Gasteiger partial charge in [0.2, 0.25) is 0 Å². The summed E-state index contributed by atoms with van der Waals surface area (Å²) in [6, 6.07) is 1.66. The number of carbonyl (C=O) groups is 1. The highest BCUT2D eigenvalue weighted by Gasteiger charge is 2.23. The third-order valence-electron chi connectivity index (χ3n) is 2.76. The first-order valence-electron chi connectivity index (χ1n) is 5.72. The lowest BCUT2D eigenvalue weighted by Gasteiger charge is -2.18. The number of fused-ring (bicyclic) bond motifs is 1. The summed E-state index contributed by atoms with van der Waals surface area (Å²) in [4.78, 5) is 11.1. The largest absolute Gasteiger partial charge is 0.489 e. The third-order valence-corrected chi connectivity index (χ3v) is 3.07. The Kier molecular flexibility index (Phi) is 3.57. The fourth-order valence-electron chi connectivity index (χ4n) is 2.01. The molecule has 0 atom stereocenters. The Morgan fingerprint density at radius 3 is 2.71 bits per heavy atom. The Bertz CT molecular complexity index is 441. The maximum absolute atomic E-state index is 11.1. The van der Waals surface area contributed by atoms with E-state index in [1.807, 2.05) is 13.8 Å². The topological polar surface area (TPSA) is 35.5 Å². The lowest BCUT2D eigenvalue weighted by molar-refractivity contribution is 0.112. The van der Waals surface area contributed by atoms with Crippen LogP contribution in [0.15, 0.2) is 6.07 Å². The molecule has 0 aliphatic carbocycles. The van der Waals surface area contributed by atoms with Gasteiger partial charge in [0.1, 0.15) is 0 Å². The van der Waals surface area contributed by atoms with Crippen molar-refractivity contribution in [3.05, 3.63) is 22.2 Å². The van der Waals surface area contributed by atoms with Crippen LogP contribution in [0.4, 0.5) is 0 Å². The molecule has 0 aromatic heterocycles. The molecule has 0 spiro atoms. The molecule has 0 fully saturated rings. The number of halogens is 1. The average molecular weight is 255 g/mol. The first-order valence-corrected chi connectivity index (χ1v) is 6.10. The normalized spacial score (nSPS) is 14.6. The van der Waals surface area contributed by atoms with Gasteiger partial charge in [-0.15, -0.1) is 0 Å². The molecule has 0 saturated heterocycles. The Morgan fingerprint density at radius 1 is 1.35 bits per heavy atom. The SMILES string of the molecule is CC(C)c1c(C=O)c(Cl)cc2c1OCCCO2. The second kappa shape index (κ2) is 4.96. The third kappa shape index (κ3) is 2.25. The molecule has 0 unspecified atom stereocenters. The van der Waals surface area contributed by atoms with Crippen molar-refractivity contribution >= 4 is 17.9 Å². The van der Waals surface area contributed by atoms with Gasteiger partial charge in [-0.05, 0) is 5.92 Å². The molecule has 1 aliphatic rings. The van der Waals surface area contributed by atoms with Crippen LogP contribution in [0.25, 0.3) is 0 Å².